The Morgan fingerprint density at radius 2 is 1.01 bits per heavy atom. The molecular formula is C93H134N18O28. The maximum atomic E-state index is 14.4. The summed E-state index contributed by atoms with van der Waals surface area (Å²) in [6, 6.07) is 20.2. The highest BCUT2D eigenvalue weighted by molar-refractivity contribution is 5.97. The molecule has 6 aromatic rings. The molecule has 0 saturated carbocycles. The van der Waals surface area contributed by atoms with Crippen LogP contribution in [0, 0.1) is 5.92 Å². The van der Waals surface area contributed by atoms with E-state index in [-0.39, 0.29) is 247 Å². The van der Waals surface area contributed by atoms with Gasteiger partial charge in [-0.2, -0.15) is 0 Å². The van der Waals surface area contributed by atoms with Crippen LogP contribution >= 0.6 is 0 Å². The Labute approximate surface area is 804 Å². The average molecular weight is 1950 g/mol. The molecule has 46 nitrogen and oxygen atoms in total. The van der Waals surface area contributed by atoms with Gasteiger partial charge in [0.25, 0.3) is 11.8 Å². The summed E-state index contributed by atoms with van der Waals surface area (Å²) in [6.45, 7) is 4.15. The van der Waals surface area contributed by atoms with Gasteiger partial charge in [0.15, 0.2) is 0 Å². The van der Waals surface area contributed by atoms with Gasteiger partial charge in [-0.3, -0.25) is 82.6 Å². The maximum absolute atomic E-state index is 14.4. The van der Waals surface area contributed by atoms with Crippen molar-refractivity contribution >= 4 is 105 Å². The minimum absolute atomic E-state index is 0.0157. The Balaban J connectivity index is 0.719. The minimum Gasteiger partial charge on any atom is -0.481 e. The van der Waals surface area contributed by atoms with Crippen molar-refractivity contribution in [1.82, 2.24) is 80.4 Å². The molecule has 764 valence electrons. The van der Waals surface area contributed by atoms with Crippen LogP contribution in [-0.2, 0) is 103 Å². The number of β-amino-alcohol motifs (C(OH)–C–C–N with tert-alkyl or cyclic N) is 1. The third-order valence-electron chi connectivity index (χ3n) is 23.5. The van der Waals surface area contributed by atoms with Crippen molar-refractivity contribution in [2.75, 3.05) is 209 Å². The SMILES string of the molecule is CN(Cc1nc2ccccc2[nH]1)C(=O)c1ccc2c(c1)CN(CCCOCCOCCOCCCNC(=O)[C@H](CCC(=O)NCCCOCCOCCOCCCN1Cc3cc(C(=O)N(C)Cc4nc5ccccc5[nH]4)ccc3N[C@@H](CC(=O)O)[C@@H]1O)N[C@@H](O)[C@H](/C=C/C(=O)O)NC(=O)[C@H](CCC(=O)O)C[C@@H](O)CN1CCN(CO)CCN(CC(=O)O)CCN(CC(=O)O)CC1)C(=O)[C@H](CC(=O)O)N2. The number of H-pyrrole nitrogens is 2. The van der Waals surface area contributed by atoms with Crippen molar-refractivity contribution < 1.29 is 137 Å². The number of hydrogen-bond donors (Lipinski definition) is 18. The first-order valence-corrected chi connectivity index (χ1v) is 46.7. The van der Waals surface area contributed by atoms with Crippen molar-refractivity contribution in [2.24, 2.45) is 5.92 Å². The number of anilines is 2. The van der Waals surface area contributed by atoms with Crippen LogP contribution in [0.4, 0.5) is 11.4 Å². The van der Waals surface area contributed by atoms with Crippen LogP contribution in [0.25, 0.3) is 22.1 Å². The largest absolute Gasteiger partial charge is 0.481 e. The average Bonchev–Trinajstić information content (AvgIpc) is 1.69. The molecular weight excluding hydrogens is 1820 g/mol. The molecule has 18 N–H and O–H groups in total. The number of para-hydroxylation sites is 4. The van der Waals surface area contributed by atoms with Crippen LogP contribution in [0.15, 0.2) is 97.1 Å². The first-order valence-electron chi connectivity index (χ1n) is 46.7. The summed E-state index contributed by atoms with van der Waals surface area (Å²) in [5.41, 5.74) is 6.46. The summed E-state index contributed by atoms with van der Waals surface area (Å²) in [6.07, 6.45) is -4.17. The third-order valence-corrected chi connectivity index (χ3v) is 23.5. The number of nitrogens with one attached hydrogen (secondary N) is 8. The Hall–Kier alpha value is -11.8. The number of aliphatic hydroxyl groups excluding tert-OH is 4. The number of hydrogen-bond acceptors (Lipinski definition) is 32. The van der Waals surface area contributed by atoms with Crippen molar-refractivity contribution in [3.8, 4) is 0 Å². The lowest BCUT2D eigenvalue weighted by Gasteiger charge is -2.34. The molecule has 6 amide bonds. The highest BCUT2D eigenvalue weighted by atomic mass is 16.6. The molecule has 0 radical (unpaired) electrons. The molecule has 5 heterocycles. The maximum Gasteiger partial charge on any atom is 0.328 e. The molecule has 8 atom stereocenters. The zero-order valence-corrected chi connectivity index (χ0v) is 78.6. The van der Waals surface area contributed by atoms with Crippen molar-refractivity contribution in [2.45, 2.75) is 140 Å². The number of imidazole rings is 2. The van der Waals surface area contributed by atoms with E-state index in [1.165, 1.54) is 4.90 Å². The monoisotopic (exact) mass is 1950 g/mol. The molecule has 0 aliphatic carbocycles. The fourth-order valence-electron chi connectivity index (χ4n) is 16.2. The summed E-state index contributed by atoms with van der Waals surface area (Å²) in [4.78, 5) is 183. The summed E-state index contributed by atoms with van der Waals surface area (Å²) in [5.74, 6) is -10.5. The number of amides is 6. The van der Waals surface area contributed by atoms with Gasteiger partial charge in [-0.1, -0.05) is 30.3 Å². The Bertz CT molecular complexity index is 4920. The number of ether oxygens (including phenoxy) is 6. The van der Waals surface area contributed by atoms with E-state index in [4.69, 9.17) is 28.4 Å². The second-order valence-corrected chi connectivity index (χ2v) is 34.3. The minimum atomic E-state index is -1.97. The molecule has 139 heavy (non-hydrogen) atoms. The summed E-state index contributed by atoms with van der Waals surface area (Å²) >= 11 is 0. The lowest BCUT2D eigenvalue weighted by molar-refractivity contribution is -0.141. The van der Waals surface area contributed by atoms with Crippen LogP contribution in [0.5, 0.6) is 0 Å². The molecule has 9 rings (SSSR count). The van der Waals surface area contributed by atoms with Crippen molar-refractivity contribution in [3.63, 3.8) is 0 Å². The van der Waals surface area contributed by atoms with E-state index in [1.807, 2.05) is 48.5 Å². The molecule has 46 heteroatoms. The quantitative estimate of drug-likeness (QED) is 0.0139. The topological polar surface area (TPSA) is 618 Å². The number of aromatic amines is 2. The Kier molecular flexibility index (Phi) is 47.0. The molecule has 0 bridgehead atoms. The van der Waals surface area contributed by atoms with Crippen LogP contribution in [0.1, 0.15) is 114 Å². The molecule has 2 aromatic heterocycles. The first-order chi connectivity index (χ1) is 66.8. The summed E-state index contributed by atoms with van der Waals surface area (Å²) in [7, 11) is 3.33. The van der Waals surface area contributed by atoms with Crippen LogP contribution in [0.3, 0.4) is 0 Å². The van der Waals surface area contributed by atoms with E-state index in [0.29, 0.717) is 77.2 Å². The standard InChI is InChI=1S/C93H134N18O28/c1-104(57-78-98-70-11-3-4-12-71(70)99-78)90(130)63-15-18-68-65(49-63)54-110(92(132)76(96-68)52-83(119)120)27-9-39-136-43-47-138-45-41-134-37-7-25-94-80(114)22-20-74(103-89(129)75(21-24-82(117)118)102-87(127)62(17-23-81(115)116)51-67(113)56-106-29-30-107(59-85(123)124)31-32-108(60-86(125)126)34-36-109(61-112)35-33-106)88(128)95-26-8-38-135-42-46-139-48-44-137-40-10-28-111-55-66-50-64(16-19-69(66)97-77(93(111)133)53-84(121)122)91(131)105(2)58-79-100-72-13-5-6-14-73(72)101-79/h3-6,11-16,18-19,21,24,49-50,62,67,74-77,89,92,96-97,103,112-113,129,132H,7-10,17,20,22-23,25-48,51-61H2,1-2H3,(H,94,114)(H,95,128)(H,98,99)(H,100,101)(H,102,127)(H,115,116)(H,117,118)(H,119,120)(H,121,122)(H,123,124)(H,125,126)/b24-21+/t62-,67-,74+,75+,76+,77+,89+,92+/m1/s1. The van der Waals surface area contributed by atoms with Gasteiger partial charge in [0.1, 0.15) is 30.1 Å². The van der Waals surface area contributed by atoms with E-state index in [1.54, 1.807) is 84.8 Å². The second-order valence-electron chi connectivity index (χ2n) is 34.3. The van der Waals surface area contributed by atoms with Gasteiger partial charge in [-0.25, -0.2) is 14.8 Å². The van der Waals surface area contributed by atoms with Gasteiger partial charge in [0.05, 0.1) is 145 Å². The van der Waals surface area contributed by atoms with E-state index in [9.17, 15) is 109 Å². The predicted molar refractivity (Wildman–Crippen MR) is 502 cm³/mol. The molecule has 1 fully saturated rings. The van der Waals surface area contributed by atoms with Crippen LogP contribution in [0.2, 0.25) is 0 Å². The number of aromatic nitrogens is 4. The smallest absolute Gasteiger partial charge is 0.328 e. The molecule has 4 aromatic carbocycles. The van der Waals surface area contributed by atoms with Gasteiger partial charge in [-0.05, 0) is 117 Å². The number of carboxylic acid groups (broad SMARTS) is 6. The molecule has 1 saturated heterocycles. The first kappa shape index (κ1) is 111. The highest BCUT2D eigenvalue weighted by Gasteiger charge is 2.37. The normalized spacial score (nSPS) is 17.2. The van der Waals surface area contributed by atoms with Crippen molar-refractivity contribution in [3.05, 3.63) is 131 Å². The zero-order chi connectivity index (χ0) is 100. The summed E-state index contributed by atoms with van der Waals surface area (Å²) < 4.78 is 34.5. The molecule has 3 aliphatic heterocycles. The number of nitrogens with zero attached hydrogens (tertiary/aromatic N) is 10. The van der Waals surface area contributed by atoms with Gasteiger partial charge in [0, 0.05) is 186 Å². The zero-order valence-electron chi connectivity index (χ0n) is 78.6. The van der Waals surface area contributed by atoms with Gasteiger partial charge in [0.2, 0.25) is 23.6 Å². The lowest BCUT2D eigenvalue weighted by Crippen LogP contribution is -2.56. The Morgan fingerprint density at radius 3 is 1.52 bits per heavy atom. The lowest BCUT2D eigenvalue weighted by atomic mass is 9.94. The fraction of sp³-hybridized carbons (Fsp3) is 0.570. The van der Waals surface area contributed by atoms with E-state index in [0.717, 1.165) is 28.1 Å². The Morgan fingerprint density at radius 1 is 0.532 bits per heavy atom. The van der Waals surface area contributed by atoms with Crippen molar-refractivity contribution in [1.29, 1.82) is 0 Å². The predicted octanol–water partition coefficient (Wildman–Crippen LogP) is 0.318. The number of carbonyl (C=O) groups is 12. The van der Waals surface area contributed by atoms with Crippen LogP contribution in [-0.4, -0.2) is 422 Å². The fourth-order valence-corrected chi connectivity index (χ4v) is 16.2. The summed E-state index contributed by atoms with van der Waals surface area (Å²) in [5, 5.41) is 121. The second kappa shape index (κ2) is 58.9. The van der Waals surface area contributed by atoms with Gasteiger partial charge >= 0.3 is 35.8 Å². The van der Waals surface area contributed by atoms with Gasteiger partial charge in [-0.15, -0.1) is 0 Å². The highest BCUT2D eigenvalue weighted by Crippen LogP contribution is 2.31. The number of aliphatic carboxylic acids is 6. The number of carboxylic acids is 6. The molecule has 0 unspecified atom stereocenters. The van der Waals surface area contributed by atoms with E-state index in [2.05, 4.69) is 51.8 Å². The number of fused-ring (bicyclic) bond motifs is 4. The number of rotatable bonds is 61. The van der Waals surface area contributed by atoms with E-state index >= 15 is 0 Å². The number of aliphatic hydroxyl groups is 4. The molecule has 3 aliphatic rings. The molecule has 0 spiro atoms. The number of benzene rings is 4. The van der Waals surface area contributed by atoms with Crippen LogP contribution < -0.4 is 31.9 Å². The van der Waals surface area contributed by atoms with E-state index < -0.39 is 128 Å². The van der Waals surface area contributed by atoms with Gasteiger partial charge < -0.3 is 131 Å². The third kappa shape index (κ3) is 39.1. The number of carbonyl (C=O) groups excluding carboxylic acids is 6.